The van der Waals surface area contributed by atoms with Gasteiger partial charge in [0.2, 0.25) is 0 Å². The zero-order chi connectivity index (χ0) is 20.6. The summed E-state index contributed by atoms with van der Waals surface area (Å²) >= 11 is 0. The molecule has 28 heavy (non-hydrogen) atoms. The zero-order valence-corrected chi connectivity index (χ0v) is 16.0. The van der Waals surface area contributed by atoms with Crippen molar-refractivity contribution in [2.75, 3.05) is 6.61 Å². The van der Waals surface area contributed by atoms with Crippen LogP contribution in [-0.2, 0) is 28.7 Å². The highest BCUT2D eigenvalue weighted by Gasteiger charge is 2.75. The van der Waals surface area contributed by atoms with Gasteiger partial charge in [0.05, 0.1) is 17.3 Å². The number of aliphatic hydroxyl groups excluding tert-OH is 1. The van der Waals surface area contributed by atoms with E-state index in [4.69, 9.17) is 9.47 Å². The van der Waals surface area contributed by atoms with Crippen LogP contribution >= 0.6 is 0 Å². The van der Waals surface area contributed by atoms with Crippen LogP contribution in [0.15, 0.2) is 11.6 Å². The lowest BCUT2D eigenvalue weighted by molar-refractivity contribution is -0.230. The molecule has 2 aliphatic carbocycles. The molecule has 0 aromatic heterocycles. The number of esters is 2. The van der Waals surface area contributed by atoms with Crippen molar-refractivity contribution < 1.29 is 38.9 Å². The molecule has 4 rings (SSSR count). The summed E-state index contributed by atoms with van der Waals surface area (Å²) in [7, 11) is 0. The van der Waals surface area contributed by atoms with E-state index in [2.05, 4.69) is 0 Å². The van der Waals surface area contributed by atoms with Gasteiger partial charge in [-0.15, -0.1) is 0 Å². The van der Waals surface area contributed by atoms with Crippen LogP contribution in [0.4, 0.5) is 0 Å². The summed E-state index contributed by atoms with van der Waals surface area (Å²) in [4.78, 5) is 49.5. The van der Waals surface area contributed by atoms with Gasteiger partial charge in [-0.25, -0.2) is 0 Å². The van der Waals surface area contributed by atoms with Crippen LogP contribution in [0.2, 0.25) is 0 Å². The summed E-state index contributed by atoms with van der Waals surface area (Å²) in [6.07, 6.45) is -0.747. The van der Waals surface area contributed by atoms with Crippen LogP contribution in [0.25, 0.3) is 0 Å². The molecule has 2 heterocycles. The Kier molecular flexibility index (Phi) is 4.02. The number of carbonyl (C=O) groups excluding carboxylic acids is 3. The van der Waals surface area contributed by atoms with E-state index in [1.165, 1.54) is 6.08 Å². The predicted octanol–water partition coefficient (Wildman–Crippen LogP) is 0.714. The normalized spacial score (nSPS) is 47.3. The molecule has 8 nitrogen and oxygen atoms in total. The van der Waals surface area contributed by atoms with Gasteiger partial charge in [-0.05, 0) is 31.3 Å². The molecule has 1 spiro atoms. The second-order valence-corrected chi connectivity index (χ2v) is 8.92. The fourth-order valence-corrected chi connectivity index (χ4v) is 6.47. The number of fused-ring (bicyclic) bond motifs is 2. The fraction of sp³-hybridized carbons (Fsp3) is 0.700. The summed E-state index contributed by atoms with van der Waals surface area (Å²) in [6.45, 7) is 4.98. The molecular weight excluding hydrogens is 368 g/mol. The highest BCUT2D eigenvalue weighted by atomic mass is 16.6. The number of hydrogen-bond donors (Lipinski definition) is 2. The smallest absolute Gasteiger partial charge is 0.310 e. The lowest BCUT2D eigenvalue weighted by atomic mass is 9.42. The summed E-state index contributed by atoms with van der Waals surface area (Å²) in [5, 5.41) is 20.3. The molecule has 8 atom stereocenters. The number of carboxylic acid groups (broad SMARTS) is 1. The van der Waals surface area contributed by atoms with E-state index in [0.29, 0.717) is 6.42 Å². The highest BCUT2D eigenvalue weighted by molar-refractivity contribution is 5.97. The van der Waals surface area contributed by atoms with Gasteiger partial charge in [0.1, 0.15) is 18.8 Å². The molecule has 0 unspecified atom stereocenters. The minimum absolute atomic E-state index is 0.0806. The maximum atomic E-state index is 12.9. The number of rotatable bonds is 2. The first-order valence-electron chi connectivity index (χ1n) is 9.54. The lowest BCUT2D eigenvalue weighted by Crippen LogP contribution is -2.69. The highest BCUT2D eigenvalue weighted by Crippen LogP contribution is 2.67. The molecule has 0 aromatic carbocycles. The van der Waals surface area contributed by atoms with Crippen LogP contribution < -0.4 is 0 Å². The van der Waals surface area contributed by atoms with Crippen LogP contribution in [0.5, 0.6) is 0 Å². The molecule has 2 aliphatic heterocycles. The maximum absolute atomic E-state index is 12.9. The summed E-state index contributed by atoms with van der Waals surface area (Å²) < 4.78 is 11.1. The topological polar surface area (TPSA) is 127 Å². The molecule has 4 aliphatic rings. The number of aliphatic carboxylic acids is 1. The Bertz CT molecular complexity index is 815. The number of aliphatic hydroxyl groups is 1. The number of allylic oxidation sites excluding steroid dienone is 1. The van der Waals surface area contributed by atoms with Gasteiger partial charge in [0, 0.05) is 11.8 Å². The fourth-order valence-electron chi connectivity index (χ4n) is 6.47. The first-order chi connectivity index (χ1) is 13.0. The van der Waals surface area contributed by atoms with E-state index in [0.717, 1.165) is 5.57 Å². The summed E-state index contributed by atoms with van der Waals surface area (Å²) in [5.41, 5.74) is -1.51. The van der Waals surface area contributed by atoms with E-state index in [1.807, 2.05) is 0 Å². The molecule has 0 radical (unpaired) electrons. The predicted molar refractivity (Wildman–Crippen MR) is 92.7 cm³/mol. The summed E-state index contributed by atoms with van der Waals surface area (Å²) in [6, 6.07) is 0. The van der Waals surface area contributed by atoms with E-state index in [-0.39, 0.29) is 18.9 Å². The van der Waals surface area contributed by atoms with Crippen LogP contribution in [-0.4, -0.2) is 52.7 Å². The quantitative estimate of drug-likeness (QED) is 0.658. The molecule has 8 heteroatoms. The minimum Gasteiger partial charge on any atom is -0.481 e. The Labute approximate surface area is 161 Å². The Morgan fingerprint density at radius 1 is 1.29 bits per heavy atom. The van der Waals surface area contributed by atoms with Gasteiger partial charge in [-0.2, -0.15) is 0 Å². The van der Waals surface area contributed by atoms with Crippen LogP contribution in [0.1, 0.15) is 33.6 Å². The van der Waals surface area contributed by atoms with Crippen molar-refractivity contribution in [2.24, 2.45) is 34.5 Å². The van der Waals surface area contributed by atoms with Gasteiger partial charge in [-0.1, -0.05) is 19.4 Å². The Balaban J connectivity index is 1.93. The first kappa shape index (κ1) is 19.1. The standard InChI is InChI=1S/C20H24O8/c1-8-4-12(21)16(24)19(3)10(8)5-13-20(7-27-18(26)15(19)20)11(6-14(22)23)9(2)17(25)28-13/h4,9-11,13,15-16,24H,5-7H2,1-3H3,(H,22,23)/t9-,10-,11+,13-,15-,16-,19+,20-/m1/s1. The second-order valence-electron chi connectivity index (χ2n) is 8.92. The molecule has 2 saturated heterocycles. The third kappa shape index (κ3) is 2.15. The molecule has 3 fully saturated rings. The van der Waals surface area contributed by atoms with E-state index in [1.54, 1.807) is 20.8 Å². The zero-order valence-electron chi connectivity index (χ0n) is 16.0. The third-order valence-electron chi connectivity index (χ3n) is 7.76. The van der Waals surface area contributed by atoms with Crippen LogP contribution in [0, 0.1) is 34.5 Å². The average Bonchev–Trinajstić information content (AvgIpc) is 2.97. The molecule has 0 bridgehead atoms. The van der Waals surface area contributed by atoms with Gasteiger partial charge >= 0.3 is 17.9 Å². The molecular formula is C20H24O8. The summed E-state index contributed by atoms with van der Waals surface area (Å²) in [5.74, 6) is -5.35. The average molecular weight is 392 g/mol. The van der Waals surface area contributed by atoms with Gasteiger partial charge in [-0.3, -0.25) is 19.2 Å². The monoisotopic (exact) mass is 392 g/mol. The number of carbonyl (C=O) groups is 4. The second kappa shape index (κ2) is 5.89. The minimum atomic E-state index is -1.41. The van der Waals surface area contributed by atoms with Gasteiger partial charge < -0.3 is 19.7 Å². The number of ether oxygens (including phenoxy) is 2. The van der Waals surface area contributed by atoms with E-state index < -0.39 is 64.5 Å². The molecule has 0 amide bonds. The number of cyclic esters (lactones) is 1. The third-order valence-corrected chi connectivity index (χ3v) is 7.76. The molecule has 2 N–H and O–H groups in total. The maximum Gasteiger partial charge on any atom is 0.310 e. The van der Waals surface area contributed by atoms with Crippen molar-refractivity contribution in [3.8, 4) is 0 Å². The van der Waals surface area contributed by atoms with E-state index >= 15 is 0 Å². The van der Waals surface area contributed by atoms with Gasteiger partial charge in [0.25, 0.3) is 0 Å². The van der Waals surface area contributed by atoms with Crippen LogP contribution in [0.3, 0.4) is 0 Å². The van der Waals surface area contributed by atoms with Crippen molar-refractivity contribution >= 4 is 23.7 Å². The van der Waals surface area contributed by atoms with E-state index in [9.17, 15) is 29.4 Å². The number of carboxylic acids is 1. The molecule has 152 valence electrons. The van der Waals surface area contributed by atoms with Gasteiger partial charge in [0.15, 0.2) is 5.78 Å². The van der Waals surface area contributed by atoms with Crippen molar-refractivity contribution in [1.82, 2.24) is 0 Å². The van der Waals surface area contributed by atoms with Crippen molar-refractivity contribution in [2.45, 2.75) is 45.8 Å². The van der Waals surface area contributed by atoms with Crippen molar-refractivity contribution in [3.63, 3.8) is 0 Å². The Hall–Kier alpha value is -2.22. The largest absolute Gasteiger partial charge is 0.481 e. The Morgan fingerprint density at radius 2 is 1.96 bits per heavy atom. The Morgan fingerprint density at radius 3 is 2.61 bits per heavy atom. The molecule has 0 aromatic rings. The SMILES string of the molecule is CC1=CC(=O)[C@@H](O)[C@@]2(C)[C@@H]1C[C@H]1OC(=O)[C@H](C)[C@H](CC(=O)O)[C@]13COC(=O)[C@H]23. The van der Waals surface area contributed by atoms with Crippen molar-refractivity contribution in [1.29, 1.82) is 0 Å². The first-order valence-corrected chi connectivity index (χ1v) is 9.54. The number of ketones is 1. The molecule has 1 saturated carbocycles. The number of hydrogen-bond acceptors (Lipinski definition) is 7. The van der Waals surface area contributed by atoms with Crippen molar-refractivity contribution in [3.05, 3.63) is 11.6 Å². The lowest BCUT2D eigenvalue weighted by Gasteiger charge is -2.61.